The number of amides is 1. The molecule has 2 aromatic rings. The van der Waals surface area contributed by atoms with Gasteiger partial charge in [0.15, 0.2) is 5.11 Å². The van der Waals surface area contributed by atoms with Crippen molar-refractivity contribution in [3.63, 3.8) is 0 Å². The van der Waals surface area contributed by atoms with E-state index in [1.807, 2.05) is 6.92 Å². The smallest absolute Gasteiger partial charge is 0.257 e. The van der Waals surface area contributed by atoms with E-state index in [2.05, 4.69) is 10.6 Å². The predicted molar refractivity (Wildman–Crippen MR) is 114 cm³/mol. The molecule has 0 spiro atoms. The van der Waals surface area contributed by atoms with Crippen LogP contribution >= 0.6 is 47.0 Å². The van der Waals surface area contributed by atoms with Crippen LogP contribution in [0.25, 0.3) is 0 Å². The van der Waals surface area contributed by atoms with Crippen LogP contribution in [0.15, 0.2) is 36.4 Å². The number of hydrogen-bond acceptors (Lipinski definition) is 4. The van der Waals surface area contributed by atoms with Crippen LogP contribution in [0, 0.1) is 0 Å². The molecule has 0 radical (unpaired) electrons. The molecule has 0 aromatic heterocycles. The zero-order valence-corrected chi connectivity index (χ0v) is 17.4. The van der Waals surface area contributed by atoms with Gasteiger partial charge in [-0.2, -0.15) is 0 Å². The molecule has 0 saturated heterocycles. The van der Waals surface area contributed by atoms with Crippen molar-refractivity contribution in [3.05, 3.63) is 57.0 Å². The maximum atomic E-state index is 12.3. The van der Waals surface area contributed by atoms with E-state index in [0.717, 1.165) is 0 Å². The van der Waals surface area contributed by atoms with Crippen molar-refractivity contribution in [3.8, 4) is 5.75 Å². The monoisotopic (exact) mass is 446 g/mol. The van der Waals surface area contributed by atoms with Crippen LogP contribution in [0.2, 0.25) is 15.1 Å². The predicted octanol–water partition coefficient (Wildman–Crippen LogP) is 5.19. The molecule has 2 N–H and O–H groups in total. The van der Waals surface area contributed by atoms with E-state index in [1.54, 1.807) is 24.3 Å². The molecule has 1 amide bonds. The van der Waals surface area contributed by atoms with Crippen molar-refractivity contribution in [2.24, 2.45) is 0 Å². The molecule has 5 nitrogen and oxygen atoms in total. The molecule has 0 aliphatic heterocycles. The van der Waals surface area contributed by atoms with Gasteiger partial charge in [-0.1, -0.05) is 34.8 Å². The van der Waals surface area contributed by atoms with E-state index in [1.165, 1.54) is 12.1 Å². The lowest BCUT2D eigenvalue weighted by atomic mass is 10.2. The first-order valence-corrected chi connectivity index (χ1v) is 9.52. The first kappa shape index (κ1) is 21.7. The lowest BCUT2D eigenvalue weighted by Crippen LogP contribution is -2.34. The summed E-state index contributed by atoms with van der Waals surface area (Å²) in [5.74, 6) is 0.277. The molecular weight excluding hydrogens is 431 g/mol. The van der Waals surface area contributed by atoms with Crippen molar-refractivity contribution < 1.29 is 14.3 Å². The summed E-state index contributed by atoms with van der Waals surface area (Å²) in [6.07, 6.45) is 0. The first-order chi connectivity index (χ1) is 12.9. The number of thiocarbonyl (C=S) groups is 1. The number of benzene rings is 2. The first-order valence-electron chi connectivity index (χ1n) is 7.98. The van der Waals surface area contributed by atoms with Crippen LogP contribution in [-0.4, -0.2) is 30.8 Å². The van der Waals surface area contributed by atoms with Gasteiger partial charge in [-0.3, -0.25) is 10.1 Å². The molecule has 2 aromatic carbocycles. The molecule has 0 heterocycles. The van der Waals surface area contributed by atoms with E-state index in [0.29, 0.717) is 51.9 Å². The molecule has 0 saturated carbocycles. The summed E-state index contributed by atoms with van der Waals surface area (Å²) in [6.45, 7) is 3.51. The fourth-order valence-corrected chi connectivity index (χ4v) is 2.81. The van der Waals surface area contributed by atoms with Crippen LogP contribution in [0.3, 0.4) is 0 Å². The zero-order valence-electron chi connectivity index (χ0n) is 14.4. The second-order valence-electron chi connectivity index (χ2n) is 5.22. The molecule has 2 rings (SSSR count). The fraction of sp³-hybridized carbons (Fsp3) is 0.222. The van der Waals surface area contributed by atoms with E-state index >= 15 is 0 Å². The minimum atomic E-state index is -0.371. The van der Waals surface area contributed by atoms with E-state index in [-0.39, 0.29) is 11.0 Å². The molecule has 9 heteroatoms. The minimum Gasteiger partial charge on any atom is -0.491 e. The van der Waals surface area contributed by atoms with Gasteiger partial charge in [-0.25, -0.2) is 0 Å². The quantitative estimate of drug-likeness (QED) is 0.347. The van der Waals surface area contributed by atoms with Crippen molar-refractivity contribution in [2.45, 2.75) is 6.92 Å². The van der Waals surface area contributed by atoms with Gasteiger partial charge in [0, 0.05) is 12.2 Å². The Kier molecular flexibility index (Phi) is 8.60. The Balaban J connectivity index is 1.90. The molecule has 0 bridgehead atoms. The van der Waals surface area contributed by atoms with Crippen LogP contribution in [0.5, 0.6) is 5.75 Å². The van der Waals surface area contributed by atoms with Crippen LogP contribution in [0.1, 0.15) is 17.3 Å². The lowest BCUT2D eigenvalue weighted by Gasteiger charge is -2.12. The molecule has 0 atom stereocenters. The average Bonchev–Trinajstić information content (AvgIpc) is 2.63. The number of nitrogens with one attached hydrogen (secondary N) is 2. The van der Waals surface area contributed by atoms with Crippen LogP contribution in [-0.2, 0) is 4.74 Å². The standard InChI is InChI=1S/C18H17Cl3N2O3S/c1-2-25-7-8-26-12-5-3-11(4-6-12)17(24)23-18(27)22-16-10-14(20)13(19)9-15(16)21/h3-6,9-10H,2,7-8H2,1H3,(H2,22,23,24,27). The molecule has 144 valence electrons. The Labute approximate surface area is 177 Å². The van der Waals surface area contributed by atoms with Gasteiger partial charge in [-0.05, 0) is 55.5 Å². The van der Waals surface area contributed by atoms with Gasteiger partial charge < -0.3 is 14.8 Å². The fourth-order valence-electron chi connectivity index (χ4n) is 2.01. The van der Waals surface area contributed by atoms with Gasteiger partial charge in [0.05, 0.1) is 27.4 Å². The summed E-state index contributed by atoms with van der Waals surface area (Å²) in [7, 11) is 0. The number of hydrogen-bond donors (Lipinski definition) is 2. The second kappa shape index (κ2) is 10.7. The SMILES string of the molecule is CCOCCOc1ccc(C(=O)NC(=S)Nc2cc(Cl)c(Cl)cc2Cl)cc1. The highest BCUT2D eigenvalue weighted by atomic mass is 35.5. The van der Waals surface area contributed by atoms with E-state index in [4.69, 9.17) is 56.5 Å². The minimum absolute atomic E-state index is 0.0809. The number of rotatable bonds is 7. The highest BCUT2D eigenvalue weighted by Crippen LogP contribution is 2.32. The van der Waals surface area contributed by atoms with Crippen molar-refractivity contribution in [1.29, 1.82) is 0 Å². The summed E-state index contributed by atoms with van der Waals surface area (Å²) in [5.41, 5.74) is 0.867. The topological polar surface area (TPSA) is 59.6 Å². The third-order valence-electron chi connectivity index (χ3n) is 3.30. The normalized spacial score (nSPS) is 10.4. The van der Waals surface area contributed by atoms with E-state index in [9.17, 15) is 4.79 Å². The summed E-state index contributed by atoms with van der Waals surface area (Å²) >= 11 is 23.1. The number of carbonyl (C=O) groups is 1. The Morgan fingerprint density at radius 3 is 2.37 bits per heavy atom. The molecule has 27 heavy (non-hydrogen) atoms. The van der Waals surface area contributed by atoms with Gasteiger partial charge in [0.25, 0.3) is 5.91 Å². The summed E-state index contributed by atoms with van der Waals surface area (Å²) in [6, 6.07) is 9.70. The maximum Gasteiger partial charge on any atom is 0.257 e. The van der Waals surface area contributed by atoms with Crippen molar-refractivity contribution in [1.82, 2.24) is 5.32 Å². The van der Waals surface area contributed by atoms with Crippen molar-refractivity contribution in [2.75, 3.05) is 25.1 Å². The number of carbonyl (C=O) groups excluding carboxylic acids is 1. The van der Waals surface area contributed by atoms with Crippen molar-refractivity contribution >= 4 is 63.7 Å². The summed E-state index contributed by atoms with van der Waals surface area (Å²) in [4.78, 5) is 12.3. The Morgan fingerprint density at radius 1 is 1.04 bits per heavy atom. The van der Waals surface area contributed by atoms with Crippen LogP contribution < -0.4 is 15.4 Å². The third kappa shape index (κ3) is 6.83. The van der Waals surface area contributed by atoms with Gasteiger partial charge >= 0.3 is 0 Å². The number of halogens is 3. The molecule has 0 fully saturated rings. The molecule has 0 aliphatic carbocycles. The Bertz CT molecular complexity index is 816. The summed E-state index contributed by atoms with van der Waals surface area (Å²) < 4.78 is 10.7. The molecular formula is C18H17Cl3N2O3S. The second-order valence-corrected chi connectivity index (χ2v) is 6.85. The number of ether oxygens (including phenoxy) is 2. The van der Waals surface area contributed by atoms with Gasteiger partial charge in [0.1, 0.15) is 12.4 Å². The highest BCUT2D eigenvalue weighted by Gasteiger charge is 2.11. The van der Waals surface area contributed by atoms with Gasteiger partial charge in [-0.15, -0.1) is 0 Å². The molecule has 0 aliphatic rings. The number of anilines is 1. The zero-order chi connectivity index (χ0) is 19.8. The largest absolute Gasteiger partial charge is 0.491 e. The van der Waals surface area contributed by atoms with Gasteiger partial charge in [0.2, 0.25) is 0 Å². The summed E-state index contributed by atoms with van der Waals surface area (Å²) in [5, 5.41) is 6.44. The highest BCUT2D eigenvalue weighted by molar-refractivity contribution is 7.80. The van der Waals surface area contributed by atoms with E-state index < -0.39 is 0 Å². The Morgan fingerprint density at radius 2 is 1.70 bits per heavy atom. The van der Waals surface area contributed by atoms with Crippen LogP contribution in [0.4, 0.5) is 5.69 Å². The maximum absolute atomic E-state index is 12.3. The Hall–Kier alpha value is -1.57. The third-order valence-corrected chi connectivity index (χ3v) is 4.54. The average molecular weight is 448 g/mol. The lowest BCUT2D eigenvalue weighted by molar-refractivity contribution is 0.0977. The molecule has 0 unspecified atom stereocenters.